The van der Waals surface area contributed by atoms with Crippen molar-refractivity contribution in [3.05, 3.63) is 42.7 Å². The molecule has 3 aromatic rings. The van der Waals surface area contributed by atoms with Crippen molar-refractivity contribution < 1.29 is 4.74 Å². The fourth-order valence-corrected chi connectivity index (χ4v) is 2.92. The van der Waals surface area contributed by atoms with Gasteiger partial charge in [-0.2, -0.15) is 5.10 Å². The zero-order chi connectivity index (χ0) is 16.4. The molecule has 4 bridgehead atoms. The molecule has 0 unspecified atom stereocenters. The molecule has 6 nitrogen and oxygen atoms in total. The summed E-state index contributed by atoms with van der Waals surface area (Å²) in [6.45, 7) is 3.51. The summed E-state index contributed by atoms with van der Waals surface area (Å²) < 4.78 is 7.72. The van der Waals surface area contributed by atoms with E-state index in [4.69, 9.17) is 9.72 Å². The average Bonchev–Trinajstić information content (AvgIpc) is 3.01. The minimum atomic E-state index is 0.683. The van der Waals surface area contributed by atoms with Crippen molar-refractivity contribution in [3.8, 4) is 16.9 Å². The molecular weight excluding hydrogens is 302 g/mol. The Hall–Kier alpha value is -2.60. The van der Waals surface area contributed by atoms with Crippen LogP contribution in [-0.4, -0.2) is 52.8 Å². The maximum absolute atomic E-state index is 5.92. The number of aromatic nitrogens is 3. The van der Waals surface area contributed by atoms with Crippen LogP contribution in [0.25, 0.3) is 16.8 Å². The van der Waals surface area contributed by atoms with Gasteiger partial charge in [-0.25, -0.2) is 9.50 Å². The van der Waals surface area contributed by atoms with Gasteiger partial charge in [0.15, 0.2) is 5.65 Å². The third-order valence-corrected chi connectivity index (χ3v) is 4.28. The highest BCUT2D eigenvalue weighted by atomic mass is 16.5. The van der Waals surface area contributed by atoms with Crippen LogP contribution in [0.1, 0.15) is 6.42 Å². The van der Waals surface area contributed by atoms with Gasteiger partial charge in [0.2, 0.25) is 0 Å². The van der Waals surface area contributed by atoms with E-state index in [-0.39, 0.29) is 0 Å². The number of hydrogen-bond donors (Lipinski definition) is 1. The van der Waals surface area contributed by atoms with E-state index in [1.54, 1.807) is 4.52 Å². The van der Waals surface area contributed by atoms with Gasteiger partial charge in [0.1, 0.15) is 18.2 Å². The number of hydrogen-bond acceptors (Lipinski definition) is 5. The summed E-state index contributed by atoms with van der Waals surface area (Å²) in [6.07, 6.45) is 4.86. The number of fused-ring (bicyclic) bond motifs is 4. The summed E-state index contributed by atoms with van der Waals surface area (Å²) in [5.74, 6) is 1.76. The molecule has 0 spiro atoms. The summed E-state index contributed by atoms with van der Waals surface area (Å²) >= 11 is 0. The molecule has 0 saturated heterocycles. The predicted octanol–water partition coefficient (Wildman–Crippen LogP) is 2.52. The standard InChI is InChI=1S/C18H21N5O/c1-22-8-3-7-19-17-6-9-23-18(21-17)16(13-20-23)14-4-2-5-15(12-14)24-11-10-22/h2,4-6,9,12-13H,3,7-8,10-11H2,1H3,(H,19,21). The second-order valence-electron chi connectivity index (χ2n) is 6.10. The Kier molecular flexibility index (Phi) is 4.04. The molecule has 4 rings (SSSR count). The smallest absolute Gasteiger partial charge is 0.165 e. The van der Waals surface area contributed by atoms with E-state index in [2.05, 4.69) is 34.5 Å². The topological polar surface area (TPSA) is 54.7 Å². The summed E-state index contributed by atoms with van der Waals surface area (Å²) in [4.78, 5) is 7.02. The van der Waals surface area contributed by atoms with Crippen LogP contribution in [0, 0.1) is 0 Å². The first-order valence-electron chi connectivity index (χ1n) is 8.30. The Balaban J connectivity index is 1.76. The minimum absolute atomic E-state index is 0.683. The van der Waals surface area contributed by atoms with Crippen molar-refractivity contribution >= 4 is 11.5 Å². The zero-order valence-electron chi connectivity index (χ0n) is 13.8. The Morgan fingerprint density at radius 2 is 2.17 bits per heavy atom. The van der Waals surface area contributed by atoms with E-state index in [0.717, 1.165) is 54.4 Å². The largest absolute Gasteiger partial charge is 0.492 e. The monoisotopic (exact) mass is 323 g/mol. The fourth-order valence-electron chi connectivity index (χ4n) is 2.92. The van der Waals surface area contributed by atoms with Crippen LogP contribution in [0.2, 0.25) is 0 Å². The van der Waals surface area contributed by atoms with Gasteiger partial charge in [0.05, 0.1) is 6.20 Å². The first-order chi connectivity index (χ1) is 11.8. The molecule has 0 aliphatic carbocycles. The van der Waals surface area contributed by atoms with Crippen LogP contribution in [0.3, 0.4) is 0 Å². The lowest BCUT2D eigenvalue weighted by atomic mass is 10.1. The first kappa shape index (κ1) is 15.0. The van der Waals surface area contributed by atoms with Gasteiger partial charge in [0.25, 0.3) is 0 Å². The summed E-state index contributed by atoms with van der Waals surface area (Å²) in [5.41, 5.74) is 2.93. The van der Waals surface area contributed by atoms with Crippen molar-refractivity contribution in [2.24, 2.45) is 0 Å². The Morgan fingerprint density at radius 3 is 3.12 bits per heavy atom. The Bertz CT molecular complexity index is 844. The van der Waals surface area contributed by atoms with Crippen LogP contribution in [0.15, 0.2) is 42.7 Å². The lowest BCUT2D eigenvalue weighted by Crippen LogP contribution is -2.26. The van der Waals surface area contributed by atoms with Crippen molar-refractivity contribution in [3.63, 3.8) is 0 Å². The molecule has 1 aliphatic heterocycles. The summed E-state index contributed by atoms with van der Waals surface area (Å²) in [6, 6.07) is 10.1. The van der Waals surface area contributed by atoms with Crippen molar-refractivity contribution in [2.45, 2.75) is 6.42 Å². The van der Waals surface area contributed by atoms with Crippen molar-refractivity contribution in [1.29, 1.82) is 0 Å². The van der Waals surface area contributed by atoms with Crippen LogP contribution in [0.4, 0.5) is 5.82 Å². The van der Waals surface area contributed by atoms with Crippen LogP contribution in [0.5, 0.6) is 5.75 Å². The third kappa shape index (κ3) is 3.05. The number of nitrogens with zero attached hydrogens (tertiary/aromatic N) is 4. The van der Waals surface area contributed by atoms with Crippen molar-refractivity contribution in [1.82, 2.24) is 19.5 Å². The Labute approximate surface area is 141 Å². The molecule has 1 aliphatic rings. The van der Waals surface area contributed by atoms with E-state index < -0.39 is 0 Å². The van der Waals surface area contributed by atoms with E-state index in [0.29, 0.717) is 6.61 Å². The van der Waals surface area contributed by atoms with Crippen molar-refractivity contribution in [2.75, 3.05) is 38.6 Å². The first-order valence-corrected chi connectivity index (χ1v) is 8.30. The van der Waals surface area contributed by atoms with E-state index >= 15 is 0 Å². The molecule has 2 aromatic heterocycles. The highest BCUT2D eigenvalue weighted by Gasteiger charge is 2.10. The summed E-state index contributed by atoms with van der Waals surface area (Å²) in [5, 5.41) is 7.81. The molecule has 3 heterocycles. The molecule has 0 atom stereocenters. The molecule has 0 amide bonds. The van der Waals surface area contributed by atoms with Crippen LogP contribution < -0.4 is 10.1 Å². The lowest BCUT2D eigenvalue weighted by Gasteiger charge is -2.17. The minimum Gasteiger partial charge on any atom is -0.492 e. The highest BCUT2D eigenvalue weighted by Crippen LogP contribution is 2.27. The number of benzene rings is 1. The molecule has 1 N–H and O–H groups in total. The number of ether oxygens (including phenoxy) is 1. The fraction of sp³-hybridized carbons (Fsp3) is 0.333. The van der Waals surface area contributed by atoms with Gasteiger partial charge in [0, 0.05) is 24.8 Å². The van der Waals surface area contributed by atoms with Gasteiger partial charge in [-0.05, 0) is 43.8 Å². The van der Waals surface area contributed by atoms with Gasteiger partial charge in [-0.3, -0.25) is 0 Å². The number of nitrogens with one attached hydrogen (secondary N) is 1. The number of rotatable bonds is 0. The normalized spacial score (nSPS) is 16.2. The predicted molar refractivity (Wildman–Crippen MR) is 94.5 cm³/mol. The molecule has 0 saturated carbocycles. The molecule has 6 heteroatoms. The molecule has 124 valence electrons. The quantitative estimate of drug-likeness (QED) is 0.689. The Morgan fingerprint density at radius 1 is 1.21 bits per heavy atom. The van der Waals surface area contributed by atoms with Gasteiger partial charge in [-0.1, -0.05) is 12.1 Å². The highest BCUT2D eigenvalue weighted by molar-refractivity contribution is 5.78. The van der Waals surface area contributed by atoms with E-state index in [1.807, 2.05) is 30.6 Å². The molecule has 1 aromatic carbocycles. The maximum Gasteiger partial charge on any atom is 0.165 e. The van der Waals surface area contributed by atoms with Gasteiger partial charge in [-0.15, -0.1) is 0 Å². The zero-order valence-corrected chi connectivity index (χ0v) is 13.8. The van der Waals surface area contributed by atoms with Crippen LogP contribution >= 0.6 is 0 Å². The second kappa shape index (κ2) is 6.49. The van der Waals surface area contributed by atoms with Crippen LogP contribution in [-0.2, 0) is 0 Å². The molecule has 0 fully saturated rings. The molecule has 24 heavy (non-hydrogen) atoms. The average molecular weight is 323 g/mol. The third-order valence-electron chi connectivity index (χ3n) is 4.28. The number of likely N-dealkylation sites (N-methyl/N-ethyl adjacent to an activating group) is 1. The summed E-state index contributed by atoms with van der Waals surface area (Å²) in [7, 11) is 2.13. The second-order valence-corrected chi connectivity index (χ2v) is 6.10. The van der Waals surface area contributed by atoms with Gasteiger partial charge < -0.3 is 15.0 Å². The maximum atomic E-state index is 5.92. The van der Waals surface area contributed by atoms with E-state index in [1.165, 1.54) is 0 Å². The molecular formula is C18H21N5O. The molecule has 0 radical (unpaired) electrons. The van der Waals surface area contributed by atoms with Gasteiger partial charge >= 0.3 is 0 Å². The van der Waals surface area contributed by atoms with E-state index in [9.17, 15) is 0 Å². The number of anilines is 1. The SMILES string of the molecule is CN1CCCNc2ccn3ncc(c3n2)-c2cccc(c2)OCC1. The lowest BCUT2D eigenvalue weighted by molar-refractivity contribution is 0.237.